The Hall–Kier alpha value is -2.75. The molecule has 3 heterocycles. The maximum Gasteiger partial charge on any atom is 0.289 e. The van der Waals surface area contributed by atoms with Crippen LogP contribution in [0.15, 0.2) is 38.8 Å². The minimum absolute atomic E-state index is 0.0832. The number of piperazine rings is 1. The summed E-state index contributed by atoms with van der Waals surface area (Å²) >= 11 is 1.12. The fourth-order valence-corrected chi connectivity index (χ4v) is 3.24. The molecule has 1 aliphatic rings. The SMILES string of the molecule is Nc1cc(=O)[nH]c(SCC(=O)N2CCN(C(=O)c3ccco3)CC2)n1. The Bertz CT molecular complexity index is 812. The van der Waals surface area contributed by atoms with Crippen molar-refractivity contribution in [3.05, 3.63) is 40.6 Å². The summed E-state index contributed by atoms with van der Waals surface area (Å²) in [5.74, 6) is 0.294. The number of carbonyl (C=O) groups excluding carboxylic acids is 2. The lowest BCUT2D eigenvalue weighted by Gasteiger charge is -2.34. The fourth-order valence-electron chi connectivity index (χ4n) is 2.46. The molecular formula is C15H17N5O4S. The van der Waals surface area contributed by atoms with E-state index in [1.54, 1.807) is 21.9 Å². The molecule has 0 unspecified atom stereocenters. The summed E-state index contributed by atoms with van der Waals surface area (Å²) in [5.41, 5.74) is 5.15. The van der Waals surface area contributed by atoms with Crippen molar-refractivity contribution >= 4 is 29.4 Å². The molecule has 0 spiro atoms. The summed E-state index contributed by atoms with van der Waals surface area (Å²) in [4.78, 5) is 45.6. The van der Waals surface area contributed by atoms with E-state index in [9.17, 15) is 14.4 Å². The zero-order chi connectivity index (χ0) is 17.8. The molecule has 132 valence electrons. The Morgan fingerprint density at radius 2 is 2.00 bits per heavy atom. The highest BCUT2D eigenvalue weighted by atomic mass is 32.2. The minimum atomic E-state index is -0.354. The Balaban J connectivity index is 1.50. The van der Waals surface area contributed by atoms with Crippen LogP contribution in [-0.4, -0.2) is 63.5 Å². The van der Waals surface area contributed by atoms with Crippen molar-refractivity contribution in [2.75, 3.05) is 37.7 Å². The van der Waals surface area contributed by atoms with Gasteiger partial charge in [0.15, 0.2) is 10.9 Å². The van der Waals surface area contributed by atoms with Gasteiger partial charge in [-0.3, -0.25) is 14.4 Å². The van der Waals surface area contributed by atoms with Crippen LogP contribution in [0.5, 0.6) is 0 Å². The maximum absolute atomic E-state index is 12.3. The summed E-state index contributed by atoms with van der Waals surface area (Å²) in [6, 6.07) is 4.47. The van der Waals surface area contributed by atoms with E-state index in [0.717, 1.165) is 11.8 Å². The Kier molecular flexibility index (Phi) is 5.08. The number of nitrogens with two attached hydrogens (primary N) is 1. The number of nitrogen functional groups attached to an aromatic ring is 1. The molecule has 0 aromatic carbocycles. The van der Waals surface area contributed by atoms with E-state index in [4.69, 9.17) is 10.2 Å². The summed E-state index contributed by atoms with van der Waals surface area (Å²) in [7, 11) is 0. The molecule has 0 radical (unpaired) electrons. The van der Waals surface area contributed by atoms with Crippen molar-refractivity contribution in [3.8, 4) is 0 Å². The predicted octanol–water partition coefficient (Wildman–Crippen LogP) is 0.0218. The normalized spacial score (nSPS) is 14.6. The van der Waals surface area contributed by atoms with Gasteiger partial charge in [-0.25, -0.2) is 4.98 Å². The molecule has 3 rings (SSSR count). The summed E-state index contributed by atoms with van der Waals surface area (Å²) in [6.45, 7) is 1.80. The number of furan rings is 1. The van der Waals surface area contributed by atoms with Gasteiger partial charge in [0.1, 0.15) is 5.82 Å². The second kappa shape index (κ2) is 7.43. The van der Waals surface area contributed by atoms with E-state index in [0.29, 0.717) is 37.1 Å². The third-order valence-electron chi connectivity index (χ3n) is 3.72. The van der Waals surface area contributed by atoms with Crippen molar-refractivity contribution < 1.29 is 14.0 Å². The molecule has 0 bridgehead atoms. The number of anilines is 1. The van der Waals surface area contributed by atoms with Crippen LogP contribution in [0, 0.1) is 0 Å². The van der Waals surface area contributed by atoms with Crippen LogP contribution in [-0.2, 0) is 4.79 Å². The minimum Gasteiger partial charge on any atom is -0.459 e. The van der Waals surface area contributed by atoms with Gasteiger partial charge in [-0.1, -0.05) is 11.8 Å². The number of hydrogen-bond donors (Lipinski definition) is 2. The molecule has 1 fully saturated rings. The van der Waals surface area contributed by atoms with E-state index < -0.39 is 0 Å². The van der Waals surface area contributed by atoms with E-state index in [-0.39, 0.29) is 28.9 Å². The molecule has 10 heteroatoms. The maximum atomic E-state index is 12.3. The molecular weight excluding hydrogens is 346 g/mol. The lowest BCUT2D eigenvalue weighted by Crippen LogP contribution is -2.51. The molecule has 2 aromatic heterocycles. The number of aromatic nitrogens is 2. The van der Waals surface area contributed by atoms with Gasteiger partial charge in [0.05, 0.1) is 12.0 Å². The molecule has 1 aliphatic heterocycles. The van der Waals surface area contributed by atoms with Crippen molar-refractivity contribution in [1.82, 2.24) is 19.8 Å². The van der Waals surface area contributed by atoms with Gasteiger partial charge in [0.25, 0.3) is 11.5 Å². The summed E-state index contributed by atoms with van der Waals surface area (Å²) in [5, 5.41) is 0.310. The molecule has 0 aliphatic carbocycles. The average molecular weight is 363 g/mol. The topological polar surface area (TPSA) is 126 Å². The third kappa shape index (κ3) is 4.21. The number of rotatable bonds is 4. The lowest BCUT2D eigenvalue weighted by atomic mass is 10.3. The lowest BCUT2D eigenvalue weighted by molar-refractivity contribution is -0.129. The highest BCUT2D eigenvalue weighted by molar-refractivity contribution is 7.99. The van der Waals surface area contributed by atoms with Crippen LogP contribution in [0.4, 0.5) is 5.82 Å². The van der Waals surface area contributed by atoms with Gasteiger partial charge < -0.3 is 24.9 Å². The van der Waals surface area contributed by atoms with Crippen LogP contribution in [0.2, 0.25) is 0 Å². The Morgan fingerprint density at radius 1 is 1.28 bits per heavy atom. The van der Waals surface area contributed by atoms with Crippen molar-refractivity contribution in [2.45, 2.75) is 5.16 Å². The first-order valence-electron chi connectivity index (χ1n) is 7.63. The van der Waals surface area contributed by atoms with Crippen LogP contribution < -0.4 is 11.3 Å². The number of carbonyl (C=O) groups is 2. The Labute approximate surface area is 147 Å². The quantitative estimate of drug-likeness (QED) is 0.579. The summed E-state index contributed by atoms with van der Waals surface area (Å²) < 4.78 is 5.11. The number of hydrogen-bond acceptors (Lipinski definition) is 7. The number of nitrogens with one attached hydrogen (secondary N) is 1. The van der Waals surface area contributed by atoms with Crippen LogP contribution in [0.25, 0.3) is 0 Å². The third-order valence-corrected chi connectivity index (χ3v) is 4.58. The van der Waals surface area contributed by atoms with Gasteiger partial charge in [-0.05, 0) is 12.1 Å². The fraction of sp³-hybridized carbons (Fsp3) is 0.333. The zero-order valence-corrected chi connectivity index (χ0v) is 14.1. The van der Waals surface area contributed by atoms with E-state index in [2.05, 4.69) is 9.97 Å². The first-order chi connectivity index (χ1) is 12.0. The summed E-state index contributed by atoms with van der Waals surface area (Å²) in [6.07, 6.45) is 1.46. The van der Waals surface area contributed by atoms with Gasteiger partial charge in [0.2, 0.25) is 5.91 Å². The average Bonchev–Trinajstić information content (AvgIpc) is 3.13. The number of nitrogens with zero attached hydrogens (tertiary/aromatic N) is 3. The van der Waals surface area contributed by atoms with Crippen molar-refractivity contribution in [1.29, 1.82) is 0 Å². The van der Waals surface area contributed by atoms with E-state index in [1.165, 1.54) is 12.3 Å². The molecule has 3 N–H and O–H groups in total. The Morgan fingerprint density at radius 3 is 2.64 bits per heavy atom. The predicted molar refractivity (Wildman–Crippen MR) is 91.2 cm³/mol. The second-order valence-corrected chi connectivity index (χ2v) is 6.38. The first-order valence-corrected chi connectivity index (χ1v) is 8.61. The molecule has 1 saturated heterocycles. The highest BCUT2D eigenvalue weighted by Crippen LogP contribution is 2.14. The molecule has 25 heavy (non-hydrogen) atoms. The number of aromatic amines is 1. The molecule has 0 saturated carbocycles. The molecule has 2 aromatic rings. The van der Waals surface area contributed by atoms with Gasteiger partial charge in [0, 0.05) is 32.2 Å². The van der Waals surface area contributed by atoms with Crippen LogP contribution >= 0.6 is 11.8 Å². The van der Waals surface area contributed by atoms with E-state index >= 15 is 0 Å². The van der Waals surface area contributed by atoms with Crippen molar-refractivity contribution in [3.63, 3.8) is 0 Å². The van der Waals surface area contributed by atoms with Crippen LogP contribution in [0.1, 0.15) is 10.6 Å². The number of H-pyrrole nitrogens is 1. The zero-order valence-electron chi connectivity index (χ0n) is 13.3. The van der Waals surface area contributed by atoms with Crippen LogP contribution in [0.3, 0.4) is 0 Å². The van der Waals surface area contributed by atoms with E-state index in [1.807, 2.05) is 0 Å². The van der Waals surface area contributed by atoms with Gasteiger partial charge in [-0.2, -0.15) is 0 Å². The van der Waals surface area contributed by atoms with Crippen molar-refractivity contribution in [2.24, 2.45) is 0 Å². The smallest absolute Gasteiger partial charge is 0.289 e. The second-order valence-electron chi connectivity index (χ2n) is 5.41. The van der Waals surface area contributed by atoms with Gasteiger partial charge >= 0.3 is 0 Å². The largest absolute Gasteiger partial charge is 0.459 e. The monoisotopic (exact) mass is 363 g/mol. The number of thioether (sulfide) groups is 1. The molecule has 2 amide bonds. The first kappa shape index (κ1) is 17.1. The molecule has 9 nitrogen and oxygen atoms in total. The molecule has 0 atom stereocenters. The van der Waals surface area contributed by atoms with Gasteiger partial charge in [-0.15, -0.1) is 0 Å². The standard InChI is InChI=1S/C15H17N5O4S/c16-11-8-12(21)18-15(17-11)25-9-13(22)19-3-5-20(6-4-19)14(23)10-2-1-7-24-10/h1-2,7-8H,3-6,9H2,(H3,16,17,18,21). The number of amides is 2. The highest BCUT2D eigenvalue weighted by Gasteiger charge is 2.26.